The number of aliphatic hydroxyl groups is 2. The lowest BCUT2D eigenvalue weighted by Crippen LogP contribution is -2.21. The van der Waals surface area contributed by atoms with Crippen LogP contribution in [0.4, 0.5) is 0 Å². The Labute approximate surface area is 97.3 Å². The van der Waals surface area contributed by atoms with Crippen molar-refractivity contribution in [3.63, 3.8) is 0 Å². The summed E-state index contributed by atoms with van der Waals surface area (Å²) < 4.78 is 0. The predicted molar refractivity (Wildman–Crippen MR) is 61.5 cm³/mol. The summed E-state index contributed by atoms with van der Waals surface area (Å²) in [6, 6.07) is 7.12. The zero-order valence-electron chi connectivity index (χ0n) is 9.00. The lowest BCUT2D eigenvalue weighted by molar-refractivity contribution is -0.141. The van der Waals surface area contributed by atoms with Crippen LogP contribution in [0.5, 0.6) is 0 Å². The van der Waals surface area contributed by atoms with Crippen molar-refractivity contribution in [3.05, 3.63) is 36.0 Å². The minimum absolute atomic E-state index is 0.488. The molecule has 0 aliphatic carbocycles. The second-order valence-electron chi connectivity index (χ2n) is 3.90. The highest BCUT2D eigenvalue weighted by atomic mass is 16.4. The van der Waals surface area contributed by atoms with E-state index in [9.17, 15) is 15.0 Å². The Bertz CT molecular complexity index is 534. The Kier molecular flexibility index (Phi) is 3.12. The van der Waals surface area contributed by atoms with Crippen molar-refractivity contribution in [3.8, 4) is 0 Å². The van der Waals surface area contributed by atoms with Gasteiger partial charge in [0.2, 0.25) is 0 Å². The number of carboxylic acid groups (broad SMARTS) is 1. The number of nitrogens with one attached hydrogen (secondary N) is 1. The molecule has 0 aliphatic rings. The molecule has 0 fully saturated rings. The SMILES string of the molecule is O=C(O)CC(O)C(O)c1cccc2cc[nH]c12. The maximum atomic E-state index is 10.5. The summed E-state index contributed by atoms with van der Waals surface area (Å²) in [5.74, 6) is -1.14. The van der Waals surface area contributed by atoms with Crippen molar-refractivity contribution in [1.82, 2.24) is 4.98 Å². The van der Waals surface area contributed by atoms with Gasteiger partial charge in [-0.05, 0) is 11.5 Å². The summed E-state index contributed by atoms with van der Waals surface area (Å²) in [5.41, 5.74) is 1.21. The number of aliphatic carboxylic acids is 1. The molecule has 2 rings (SSSR count). The van der Waals surface area contributed by atoms with Gasteiger partial charge in [-0.3, -0.25) is 4.79 Å². The third kappa shape index (κ3) is 2.30. The summed E-state index contributed by atoms with van der Waals surface area (Å²) in [6.45, 7) is 0. The number of H-pyrrole nitrogens is 1. The Morgan fingerprint density at radius 2 is 2.06 bits per heavy atom. The average Bonchev–Trinajstić information content (AvgIpc) is 2.74. The Morgan fingerprint density at radius 3 is 2.76 bits per heavy atom. The summed E-state index contributed by atoms with van der Waals surface area (Å²) in [4.78, 5) is 13.4. The number of benzene rings is 1. The number of fused-ring (bicyclic) bond motifs is 1. The van der Waals surface area contributed by atoms with Crippen LogP contribution < -0.4 is 0 Å². The smallest absolute Gasteiger partial charge is 0.306 e. The predicted octanol–water partition coefficient (Wildman–Crippen LogP) is 1.04. The van der Waals surface area contributed by atoms with Crippen LogP contribution in [0.25, 0.3) is 10.9 Å². The lowest BCUT2D eigenvalue weighted by Gasteiger charge is -2.17. The first-order chi connectivity index (χ1) is 8.09. The van der Waals surface area contributed by atoms with Crippen LogP contribution in [0, 0.1) is 0 Å². The third-order valence-electron chi connectivity index (χ3n) is 2.69. The monoisotopic (exact) mass is 235 g/mol. The Balaban J connectivity index is 2.32. The van der Waals surface area contributed by atoms with Crippen molar-refractivity contribution in [2.45, 2.75) is 18.6 Å². The lowest BCUT2D eigenvalue weighted by atomic mass is 10.00. The van der Waals surface area contributed by atoms with Crippen LogP contribution in [-0.4, -0.2) is 32.4 Å². The molecule has 5 nitrogen and oxygen atoms in total. The zero-order chi connectivity index (χ0) is 12.4. The van der Waals surface area contributed by atoms with Gasteiger partial charge in [-0.15, -0.1) is 0 Å². The van der Waals surface area contributed by atoms with Gasteiger partial charge >= 0.3 is 5.97 Å². The largest absolute Gasteiger partial charge is 0.481 e. The summed E-state index contributed by atoms with van der Waals surface area (Å²) in [6.07, 6.45) is -1.29. The summed E-state index contributed by atoms with van der Waals surface area (Å²) >= 11 is 0. The number of aliphatic hydroxyl groups excluding tert-OH is 2. The molecule has 2 aromatic rings. The van der Waals surface area contributed by atoms with Crippen LogP contribution in [0.1, 0.15) is 18.1 Å². The maximum absolute atomic E-state index is 10.5. The van der Waals surface area contributed by atoms with Gasteiger partial charge in [-0.25, -0.2) is 0 Å². The first kappa shape index (κ1) is 11.6. The van der Waals surface area contributed by atoms with Crippen LogP contribution in [0.2, 0.25) is 0 Å². The third-order valence-corrected chi connectivity index (χ3v) is 2.69. The second-order valence-corrected chi connectivity index (χ2v) is 3.90. The van der Waals surface area contributed by atoms with Gasteiger partial charge in [-0.2, -0.15) is 0 Å². The molecule has 2 unspecified atom stereocenters. The Hall–Kier alpha value is -1.85. The Morgan fingerprint density at radius 1 is 1.29 bits per heavy atom. The molecule has 0 aliphatic heterocycles. The van der Waals surface area contributed by atoms with E-state index in [1.54, 1.807) is 18.3 Å². The molecule has 1 aromatic heterocycles. The number of rotatable bonds is 4. The molecule has 1 heterocycles. The fourth-order valence-electron chi connectivity index (χ4n) is 1.85. The van der Waals surface area contributed by atoms with E-state index in [2.05, 4.69) is 4.98 Å². The number of para-hydroxylation sites is 1. The number of carbonyl (C=O) groups is 1. The van der Waals surface area contributed by atoms with Gasteiger partial charge < -0.3 is 20.3 Å². The molecule has 0 spiro atoms. The van der Waals surface area contributed by atoms with Gasteiger partial charge in [0, 0.05) is 11.8 Å². The molecule has 0 radical (unpaired) electrons. The molecule has 17 heavy (non-hydrogen) atoms. The first-order valence-corrected chi connectivity index (χ1v) is 5.23. The van der Waals surface area contributed by atoms with Crippen molar-refractivity contribution < 1.29 is 20.1 Å². The van der Waals surface area contributed by atoms with E-state index in [1.165, 1.54) is 0 Å². The fourth-order valence-corrected chi connectivity index (χ4v) is 1.85. The molecule has 90 valence electrons. The van der Waals surface area contributed by atoms with Crippen molar-refractivity contribution in [1.29, 1.82) is 0 Å². The first-order valence-electron chi connectivity index (χ1n) is 5.23. The number of hydrogen-bond acceptors (Lipinski definition) is 3. The van der Waals surface area contributed by atoms with Gasteiger partial charge in [0.25, 0.3) is 0 Å². The van der Waals surface area contributed by atoms with Gasteiger partial charge in [0.05, 0.1) is 18.0 Å². The van der Waals surface area contributed by atoms with Crippen molar-refractivity contribution in [2.75, 3.05) is 0 Å². The maximum Gasteiger partial charge on any atom is 0.306 e. The molecular formula is C12H13NO4. The number of aromatic amines is 1. The summed E-state index contributed by atoms with van der Waals surface area (Å²) in [7, 11) is 0. The second kappa shape index (κ2) is 4.57. The number of carboxylic acids is 1. The van der Waals surface area contributed by atoms with Crippen LogP contribution in [0.15, 0.2) is 30.5 Å². The van der Waals surface area contributed by atoms with E-state index in [0.29, 0.717) is 11.1 Å². The molecule has 0 saturated heterocycles. The van der Waals surface area contributed by atoms with Gasteiger partial charge in [0.1, 0.15) is 6.10 Å². The average molecular weight is 235 g/mol. The highest BCUT2D eigenvalue weighted by Gasteiger charge is 2.22. The minimum Gasteiger partial charge on any atom is -0.481 e. The van der Waals surface area contributed by atoms with Gasteiger partial charge in [0.15, 0.2) is 0 Å². The normalized spacial score (nSPS) is 14.7. The van der Waals surface area contributed by atoms with Crippen LogP contribution in [0.3, 0.4) is 0 Å². The van der Waals surface area contributed by atoms with Crippen LogP contribution >= 0.6 is 0 Å². The van der Waals surface area contributed by atoms with E-state index < -0.39 is 24.6 Å². The van der Waals surface area contributed by atoms with E-state index in [1.807, 2.05) is 12.1 Å². The highest BCUT2D eigenvalue weighted by Crippen LogP contribution is 2.26. The van der Waals surface area contributed by atoms with E-state index in [4.69, 9.17) is 5.11 Å². The molecule has 4 N–H and O–H groups in total. The molecule has 1 aromatic carbocycles. The molecular weight excluding hydrogens is 222 g/mol. The molecule has 0 amide bonds. The minimum atomic E-state index is -1.32. The van der Waals surface area contributed by atoms with Crippen molar-refractivity contribution in [2.24, 2.45) is 0 Å². The molecule has 0 bridgehead atoms. The van der Waals surface area contributed by atoms with E-state index in [-0.39, 0.29) is 0 Å². The standard InChI is InChI=1S/C12H13NO4/c14-9(6-10(15)16)12(17)8-3-1-2-7-4-5-13-11(7)8/h1-5,9,12-14,17H,6H2,(H,15,16). The molecule has 5 heteroatoms. The van der Waals surface area contributed by atoms with E-state index in [0.717, 1.165) is 5.39 Å². The summed E-state index contributed by atoms with van der Waals surface area (Å²) in [5, 5.41) is 29.0. The topological polar surface area (TPSA) is 93.6 Å². The van der Waals surface area contributed by atoms with Crippen LogP contribution in [-0.2, 0) is 4.79 Å². The van der Waals surface area contributed by atoms with E-state index >= 15 is 0 Å². The highest BCUT2D eigenvalue weighted by molar-refractivity contribution is 5.83. The molecule has 0 saturated carbocycles. The molecule has 2 atom stereocenters. The number of aromatic nitrogens is 1. The quantitative estimate of drug-likeness (QED) is 0.637. The van der Waals surface area contributed by atoms with Crippen molar-refractivity contribution >= 4 is 16.9 Å². The fraction of sp³-hybridized carbons (Fsp3) is 0.250. The number of hydrogen-bond donors (Lipinski definition) is 4. The zero-order valence-corrected chi connectivity index (χ0v) is 9.00. The van der Waals surface area contributed by atoms with Gasteiger partial charge in [-0.1, -0.05) is 18.2 Å².